The Balaban J connectivity index is 1.12. The number of amides is 1. The van der Waals surface area contributed by atoms with Crippen LogP contribution in [0, 0.1) is 6.92 Å². The number of pyridine rings is 1. The Morgan fingerprint density at radius 3 is 2.53 bits per heavy atom. The van der Waals surface area contributed by atoms with Gasteiger partial charge >= 0.3 is 6.18 Å². The van der Waals surface area contributed by atoms with Crippen LogP contribution in [0.2, 0.25) is 0 Å². The van der Waals surface area contributed by atoms with E-state index in [4.69, 9.17) is 4.74 Å². The van der Waals surface area contributed by atoms with Crippen LogP contribution in [-0.2, 0) is 12.7 Å². The number of alkyl halides is 3. The molecule has 0 aliphatic carbocycles. The first-order chi connectivity index (χ1) is 20.7. The largest absolute Gasteiger partial charge is 0.489 e. The van der Waals surface area contributed by atoms with Crippen molar-refractivity contribution in [1.29, 1.82) is 0 Å². The number of carbonyl (C=O) groups excluding carboxylic acids is 1. The van der Waals surface area contributed by atoms with Crippen molar-refractivity contribution in [2.75, 3.05) is 42.6 Å². The summed E-state index contributed by atoms with van der Waals surface area (Å²) in [5, 5.41) is 6.46. The van der Waals surface area contributed by atoms with Gasteiger partial charge in [-0.3, -0.25) is 14.6 Å². The Morgan fingerprint density at radius 1 is 1.05 bits per heavy atom. The van der Waals surface area contributed by atoms with E-state index < -0.39 is 11.7 Å². The number of hydrogen-bond donors (Lipinski definition) is 1. The first-order valence-corrected chi connectivity index (χ1v) is 13.6. The molecular formula is C29H27F3N8O3. The third-order valence-electron chi connectivity index (χ3n) is 7.70. The number of aromatic amines is 1. The maximum absolute atomic E-state index is 13.3. The molecule has 0 radical (unpaired) electrons. The Bertz CT molecular complexity index is 1690. The van der Waals surface area contributed by atoms with Gasteiger partial charge in [0.2, 0.25) is 5.95 Å². The van der Waals surface area contributed by atoms with E-state index in [0.717, 1.165) is 29.2 Å². The fraction of sp³-hybridized carbons (Fsp3) is 0.310. The van der Waals surface area contributed by atoms with Crippen molar-refractivity contribution in [3.05, 3.63) is 99.5 Å². The predicted molar refractivity (Wildman–Crippen MR) is 150 cm³/mol. The molecule has 6 rings (SSSR count). The Kier molecular flexibility index (Phi) is 7.42. The zero-order valence-corrected chi connectivity index (χ0v) is 23.1. The summed E-state index contributed by atoms with van der Waals surface area (Å²) in [4.78, 5) is 42.9. The minimum Gasteiger partial charge on any atom is -0.489 e. The van der Waals surface area contributed by atoms with Gasteiger partial charge in [-0.1, -0.05) is 24.3 Å². The molecule has 11 nitrogen and oxygen atoms in total. The third-order valence-corrected chi connectivity index (χ3v) is 7.70. The molecule has 14 heteroatoms. The van der Waals surface area contributed by atoms with Gasteiger partial charge in [0.05, 0.1) is 35.2 Å². The fourth-order valence-corrected chi connectivity index (χ4v) is 5.35. The first kappa shape index (κ1) is 28.1. The van der Waals surface area contributed by atoms with Gasteiger partial charge in [0.15, 0.2) is 0 Å². The molecule has 1 fully saturated rings. The number of piperazine rings is 1. The van der Waals surface area contributed by atoms with Crippen LogP contribution in [0.5, 0.6) is 5.75 Å². The highest BCUT2D eigenvalue weighted by Gasteiger charge is 2.33. The smallest absolute Gasteiger partial charge is 0.419 e. The Labute approximate surface area is 244 Å². The number of benzene rings is 1. The third kappa shape index (κ3) is 5.72. The second kappa shape index (κ2) is 11.3. The lowest BCUT2D eigenvalue weighted by Gasteiger charge is -2.34. The summed E-state index contributed by atoms with van der Waals surface area (Å²) in [6.45, 7) is 4.01. The van der Waals surface area contributed by atoms with E-state index in [1.165, 1.54) is 6.20 Å². The van der Waals surface area contributed by atoms with Crippen LogP contribution >= 0.6 is 0 Å². The number of H-pyrrole nitrogens is 1. The van der Waals surface area contributed by atoms with Crippen molar-refractivity contribution < 1.29 is 22.7 Å². The minimum absolute atomic E-state index is 0.186. The number of aromatic nitrogens is 5. The molecule has 1 N–H and O–H groups in total. The molecule has 43 heavy (non-hydrogen) atoms. The number of rotatable bonds is 6. The lowest BCUT2D eigenvalue weighted by atomic mass is 10.1. The molecule has 1 amide bonds. The van der Waals surface area contributed by atoms with Crippen LogP contribution in [0.4, 0.5) is 24.8 Å². The summed E-state index contributed by atoms with van der Waals surface area (Å²) in [5.74, 6) is 0.377. The average Bonchev–Trinajstić information content (AvgIpc) is 3.39. The molecule has 1 saturated heterocycles. The van der Waals surface area contributed by atoms with Gasteiger partial charge in [-0.15, -0.1) is 0 Å². The van der Waals surface area contributed by atoms with Gasteiger partial charge in [-0.05, 0) is 24.1 Å². The Hall–Kier alpha value is -5.01. The Morgan fingerprint density at radius 2 is 1.79 bits per heavy atom. The molecule has 1 unspecified atom stereocenters. The molecular weight excluding hydrogens is 565 g/mol. The zero-order chi connectivity index (χ0) is 30.1. The van der Waals surface area contributed by atoms with Crippen molar-refractivity contribution in [3.63, 3.8) is 0 Å². The molecule has 0 spiro atoms. The summed E-state index contributed by atoms with van der Waals surface area (Å²) in [6, 6.07) is 9.46. The second-order valence-corrected chi connectivity index (χ2v) is 10.3. The molecule has 0 saturated carbocycles. The molecule has 2 aliphatic heterocycles. The molecule has 222 valence electrons. The summed E-state index contributed by atoms with van der Waals surface area (Å²) in [7, 11) is 0. The predicted octanol–water partition coefficient (Wildman–Crippen LogP) is 3.38. The highest BCUT2D eigenvalue weighted by molar-refractivity contribution is 5.94. The summed E-state index contributed by atoms with van der Waals surface area (Å²) < 4.78 is 44.6. The first-order valence-electron chi connectivity index (χ1n) is 13.6. The molecule has 4 aromatic rings. The van der Waals surface area contributed by atoms with Gasteiger partial charge in [-0.25, -0.2) is 15.1 Å². The average molecular weight is 593 g/mol. The van der Waals surface area contributed by atoms with Gasteiger partial charge in [-0.2, -0.15) is 18.3 Å². The van der Waals surface area contributed by atoms with Crippen LogP contribution in [-0.4, -0.2) is 68.7 Å². The molecule has 1 aromatic carbocycles. The molecule has 2 aliphatic rings. The minimum atomic E-state index is -4.50. The topological polar surface area (TPSA) is 120 Å². The van der Waals surface area contributed by atoms with Crippen molar-refractivity contribution in [2.45, 2.75) is 25.7 Å². The van der Waals surface area contributed by atoms with Gasteiger partial charge in [0, 0.05) is 56.9 Å². The number of ether oxygens (including phenoxy) is 1. The monoisotopic (exact) mass is 592 g/mol. The number of carbonyl (C=O) groups is 1. The zero-order valence-electron chi connectivity index (χ0n) is 23.1. The number of halogens is 3. The van der Waals surface area contributed by atoms with E-state index in [1.54, 1.807) is 35.2 Å². The van der Waals surface area contributed by atoms with Crippen LogP contribution in [0.25, 0.3) is 0 Å². The molecule has 0 bridgehead atoms. The maximum atomic E-state index is 13.3. The normalized spacial score (nSPS) is 16.7. The lowest BCUT2D eigenvalue weighted by molar-refractivity contribution is -0.138. The number of anilines is 2. The number of hydrogen-bond acceptors (Lipinski definition) is 9. The number of fused-ring (bicyclic) bond motifs is 1. The van der Waals surface area contributed by atoms with E-state index in [0.29, 0.717) is 49.6 Å². The summed E-state index contributed by atoms with van der Waals surface area (Å²) in [6.07, 6.45) is 1.68. The highest BCUT2D eigenvalue weighted by atomic mass is 19.4. The summed E-state index contributed by atoms with van der Waals surface area (Å²) >= 11 is 0. The lowest BCUT2D eigenvalue weighted by Crippen LogP contribution is -2.49. The van der Waals surface area contributed by atoms with Crippen LogP contribution in [0.3, 0.4) is 0 Å². The van der Waals surface area contributed by atoms with Crippen LogP contribution in [0.15, 0.2) is 66.1 Å². The van der Waals surface area contributed by atoms with Gasteiger partial charge in [0.1, 0.15) is 12.4 Å². The van der Waals surface area contributed by atoms with E-state index in [-0.39, 0.29) is 30.1 Å². The molecule has 3 aromatic heterocycles. The standard InChI is InChI=1S/C29H27F3N8O3/c1-18-24(15-36-37-26(18)41)40-16-19-4-2-3-5-23(19)25(40)17-43-22-10-20(11-33-14-22)27(42)38-6-8-39(9-7-38)28-34-12-21(13-35-28)29(30,31)32/h2-5,10-15,25H,6-9,16-17H2,1H3,(H,37,41). The SMILES string of the molecule is Cc1c(N2Cc3ccccc3C2COc2cncc(C(=O)N3CCN(c4ncc(C(F)(F)F)cn4)CC3)c2)cn[nH]c1=O. The second-order valence-electron chi connectivity index (χ2n) is 10.3. The number of nitrogens with one attached hydrogen (secondary N) is 1. The highest BCUT2D eigenvalue weighted by Crippen LogP contribution is 2.38. The maximum Gasteiger partial charge on any atom is 0.419 e. The van der Waals surface area contributed by atoms with E-state index in [2.05, 4.69) is 30.0 Å². The number of nitrogens with zero attached hydrogens (tertiary/aromatic N) is 7. The van der Waals surface area contributed by atoms with Crippen LogP contribution in [0.1, 0.15) is 38.7 Å². The van der Waals surface area contributed by atoms with E-state index in [9.17, 15) is 22.8 Å². The van der Waals surface area contributed by atoms with Crippen molar-refractivity contribution in [1.82, 2.24) is 30.0 Å². The van der Waals surface area contributed by atoms with E-state index >= 15 is 0 Å². The van der Waals surface area contributed by atoms with Gasteiger partial charge in [0.25, 0.3) is 11.5 Å². The van der Waals surface area contributed by atoms with Crippen molar-refractivity contribution in [3.8, 4) is 5.75 Å². The summed E-state index contributed by atoms with van der Waals surface area (Å²) in [5.41, 5.74) is 2.68. The van der Waals surface area contributed by atoms with Crippen molar-refractivity contribution >= 4 is 17.5 Å². The van der Waals surface area contributed by atoms with Crippen molar-refractivity contribution in [2.24, 2.45) is 0 Å². The van der Waals surface area contributed by atoms with Gasteiger partial charge < -0.3 is 19.4 Å². The fourth-order valence-electron chi connectivity index (χ4n) is 5.35. The van der Waals surface area contributed by atoms with E-state index in [1.807, 2.05) is 24.3 Å². The van der Waals surface area contributed by atoms with Crippen LogP contribution < -0.4 is 20.1 Å². The quantitative estimate of drug-likeness (QED) is 0.359. The molecule has 1 atom stereocenters. The molecule has 5 heterocycles.